The lowest BCUT2D eigenvalue weighted by Gasteiger charge is -2.31. The molecule has 0 saturated carbocycles. The third-order valence-corrected chi connectivity index (χ3v) is 7.75. The van der Waals surface area contributed by atoms with E-state index in [9.17, 15) is 22.8 Å². The molecule has 2 fully saturated rings. The molecule has 1 amide bonds. The first-order valence-corrected chi connectivity index (χ1v) is 12.3. The first kappa shape index (κ1) is 24.1. The number of nitrogens with zero attached hydrogens (tertiary/aromatic N) is 3. The molecule has 2 aliphatic rings. The van der Waals surface area contributed by atoms with Crippen molar-refractivity contribution in [2.75, 3.05) is 39.4 Å². The third kappa shape index (κ3) is 5.83. The lowest BCUT2D eigenvalue weighted by molar-refractivity contribution is -0.158. The van der Waals surface area contributed by atoms with Gasteiger partial charge in [0.15, 0.2) is 6.61 Å². The number of ether oxygens (including phenoxy) is 2. The summed E-state index contributed by atoms with van der Waals surface area (Å²) in [5.41, 5.74) is 0. The molecule has 0 unspecified atom stereocenters. The van der Waals surface area contributed by atoms with Crippen molar-refractivity contribution in [3.63, 3.8) is 0 Å². The van der Waals surface area contributed by atoms with Crippen molar-refractivity contribution in [2.24, 2.45) is 11.8 Å². The standard InChI is InChI=1S/C21H29N3O7S/c1-2-30-20(26)16-5-10-23(11-6-16)19(25)15-31-21(27)17-7-12-24(13-8-17)32(28,29)18-4-3-9-22-14-18/h3-4,9,14,16-17H,2,5-8,10-13,15H2,1H3. The van der Waals surface area contributed by atoms with Crippen LogP contribution in [0.5, 0.6) is 0 Å². The summed E-state index contributed by atoms with van der Waals surface area (Å²) < 4.78 is 36.9. The van der Waals surface area contributed by atoms with Crippen LogP contribution in [0, 0.1) is 11.8 Å². The number of esters is 2. The number of likely N-dealkylation sites (tertiary alicyclic amines) is 1. The van der Waals surface area contributed by atoms with E-state index < -0.39 is 21.9 Å². The zero-order chi connectivity index (χ0) is 23.1. The highest BCUT2D eigenvalue weighted by molar-refractivity contribution is 7.89. The predicted molar refractivity (Wildman–Crippen MR) is 113 cm³/mol. The molecule has 1 aromatic rings. The van der Waals surface area contributed by atoms with Gasteiger partial charge in [-0.05, 0) is 44.7 Å². The maximum atomic E-state index is 12.6. The Hall–Kier alpha value is -2.53. The normalized spacial score (nSPS) is 18.8. The molecule has 3 heterocycles. The van der Waals surface area contributed by atoms with Gasteiger partial charge in [-0.3, -0.25) is 19.4 Å². The van der Waals surface area contributed by atoms with Gasteiger partial charge in [0.05, 0.1) is 18.4 Å². The van der Waals surface area contributed by atoms with Crippen LogP contribution in [0.15, 0.2) is 29.4 Å². The van der Waals surface area contributed by atoms with E-state index in [4.69, 9.17) is 9.47 Å². The van der Waals surface area contributed by atoms with Crippen LogP contribution in [-0.2, 0) is 33.9 Å². The minimum atomic E-state index is -3.64. The molecule has 0 N–H and O–H groups in total. The first-order valence-electron chi connectivity index (χ1n) is 10.8. The lowest BCUT2D eigenvalue weighted by Crippen LogP contribution is -2.43. The number of pyridine rings is 1. The second-order valence-electron chi connectivity index (χ2n) is 7.88. The summed E-state index contributed by atoms with van der Waals surface area (Å²) in [6.07, 6.45) is 4.53. The van der Waals surface area contributed by atoms with Crippen LogP contribution < -0.4 is 0 Å². The molecular weight excluding hydrogens is 438 g/mol. The summed E-state index contributed by atoms with van der Waals surface area (Å²) in [4.78, 5) is 42.1. The fourth-order valence-corrected chi connectivity index (χ4v) is 5.38. The summed E-state index contributed by atoms with van der Waals surface area (Å²) in [5, 5.41) is 0. The fourth-order valence-electron chi connectivity index (χ4n) is 3.95. The summed E-state index contributed by atoms with van der Waals surface area (Å²) in [6.45, 7) is 2.99. The van der Waals surface area contributed by atoms with Gasteiger partial charge in [0.2, 0.25) is 10.0 Å². The first-order chi connectivity index (χ1) is 15.3. The van der Waals surface area contributed by atoms with E-state index in [2.05, 4.69) is 4.98 Å². The van der Waals surface area contributed by atoms with E-state index in [1.165, 1.54) is 22.8 Å². The zero-order valence-corrected chi connectivity index (χ0v) is 19.0. The van der Waals surface area contributed by atoms with Gasteiger partial charge in [-0.2, -0.15) is 4.31 Å². The number of carbonyl (C=O) groups is 3. The second kappa shape index (κ2) is 10.9. The SMILES string of the molecule is CCOC(=O)C1CCN(C(=O)COC(=O)C2CCN(S(=O)(=O)c3cccnc3)CC2)CC1. The predicted octanol–water partition coefficient (Wildman–Crippen LogP) is 0.827. The van der Waals surface area contributed by atoms with Crippen molar-refractivity contribution in [1.82, 2.24) is 14.2 Å². The Morgan fingerprint density at radius 3 is 2.16 bits per heavy atom. The molecule has 0 radical (unpaired) electrons. The van der Waals surface area contributed by atoms with Gasteiger partial charge in [-0.25, -0.2) is 8.42 Å². The highest BCUT2D eigenvalue weighted by Crippen LogP contribution is 2.24. The number of sulfonamides is 1. The molecule has 0 aromatic carbocycles. The van der Waals surface area contributed by atoms with Crippen LogP contribution in [0.25, 0.3) is 0 Å². The Kier molecular flexibility index (Phi) is 8.19. The molecule has 3 rings (SSSR count). The molecule has 11 heteroatoms. The van der Waals surface area contributed by atoms with Crippen LogP contribution in [0.4, 0.5) is 0 Å². The Morgan fingerprint density at radius 2 is 1.59 bits per heavy atom. The minimum absolute atomic E-state index is 0.123. The number of rotatable bonds is 7. The van der Waals surface area contributed by atoms with Crippen molar-refractivity contribution in [2.45, 2.75) is 37.5 Å². The largest absolute Gasteiger partial charge is 0.466 e. The van der Waals surface area contributed by atoms with E-state index in [1.54, 1.807) is 17.9 Å². The summed E-state index contributed by atoms with van der Waals surface area (Å²) in [5.74, 6) is -1.66. The Bertz CT molecular complexity index is 907. The van der Waals surface area contributed by atoms with E-state index in [0.717, 1.165) is 0 Å². The second-order valence-corrected chi connectivity index (χ2v) is 9.82. The summed E-state index contributed by atoms with van der Waals surface area (Å²) >= 11 is 0. The number of carbonyl (C=O) groups excluding carboxylic acids is 3. The molecule has 32 heavy (non-hydrogen) atoms. The van der Waals surface area contributed by atoms with Gasteiger partial charge in [0, 0.05) is 38.6 Å². The van der Waals surface area contributed by atoms with Gasteiger partial charge >= 0.3 is 11.9 Å². The van der Waals surface area contributed by atoms with Crippen molar-refractivity contribution in [3.8, 4) is 0 Å². The molecule has 2 saturated heterocycles. The lowest BCUT2D eigenvalue weighted by atomic mass is 9.97. The molecule has 2 aliphatic heterocycles. The molecule has 0 bridgehead atoms. The van der Waals surface area contributed by atoms with E-state index >= 15 is 0 Å². The monoisotopic (exact) mass is 467 g/mol. The van der Waals surface area contributed by atoms with Gasteiger partial charge in [0.25, 0.3) is 5.91 Å². The average Bonchev–Trinajstić information content (AvgIpc) is 2.83. The Balaban J connectivity index is 1.41. The molecule has 1 aromatic heterocycles. The highest BCUT2D eigenvalue weighted by atomic mass is 32.2. The number of hydrogen-bond acceptors (Lipinski definition) is 8. The van der Waals surface area contributed by atoms with Gasteiger partial charge in [-0.1, -0.05) is 0 Å². The minimum Gasteiger partial charge on any atom is -0.466 e. The zero-order valence-electron chi connectivity index (χ0n) is 18.1. The van der Waals surface area contributed by atoms with Crippen LogP contribution in [-0.4, -0.2) is 79.8 Å². The number of amides is 1. The van der Waals surface area contributed by atoms with Crippen molar-refractivity contribution in [1.29, 1.82) is 0 Å². The Morgan fingerprint density at radius 1 is 1.00 bits per heavy atom. The van der Waals surface area contributed by atoms with E-state index in [1.807, 2.05) is 0 Å². The smallest absolute Gasteiger partial charge is 0.309 e. The summed E-state index contributed by atoms with van der Waals surface area (Å²) in [6, 6.07) is 3.05. The number of piperidine rings is 2. The Labute approximate surface area is 187 Å². The third-order valence-electron chi connectivity index (χ3n) is 5.86. The molecule has 0 atom stereocenters. The van der Waals surface area contributed by atoms with Crippen LogP contribution in [0.2, 0.25) is 0 Å². The molecular formula is C21H29N3O7S. The molecule has 0 spiro atoms. The molecule has 176 valence electrons. The number of hydrogen-bond donors (Lipinski definition) is 0. The van der Waals surface area contributed by atoms with Crippen molar-refractivity contribution < 1.29 is 32.3 Å². The van der Waals surface area contributed by atoms with E-state index in [-0.39, 0.29) is 42.4 Å². The van der Waals surface area contributed by atoms with Crippen molar-refractivity contribution >= 4 is 27.9 Å². The molecule has 0 aliphatic carbocycles. The van der Waals surface area contributed by atoms with Gasteiger partial charge in [-0.15, -0.1) is 0 Å². The maximum absolute atomic E-state index is 12.6. The van der Waals surface area contributed by atoms with Gasteiger partial charge in [0.1, 0.15) is 4.90 Å². The van der Waals surface area contributed by atoms with Crippen LogP contribution in [0.1, 0.15) is 32.6 Å². The maximum Gasteiger partial charge on any atom is 0.309 e. The van der Waals surface area contributed by atoms with E-state index in [0.29, 0.717) is 45.4 Å². The van der Waals surface area contributed by atoms with Gasteiger partial charge < -0.3 is 14.4 Å². The fraction of sp³-hybridized carbons (Fsp3) is 0.619. The number of aromatic nitrogens is 1. The highest BCUT2D eigenvalue weighted by Gasteiger charge is 2.34. The van der Waals surface area contributed by atoms with Crippen molar-refractivity contribution in [3.05, 3.63) is 24.5 Å². The van der Waals surface area contributed by atoms with Crippen LogP contribution >= 0.6 is 0 Å². The molecule has 10 nitrogen and oxygen atoms in total. The quantitative estimate of drug-likeness (QED) is 0.540. The summed E-state index contributed by atoms with van der Waals surface area (Å²) in [7, 11) is -3.64. The topological polar surface area (TPSA) is 123 Å². The average molecular weight is 468 g/mol. The van der Waals surface area contributed by atoms with Crippen LogP contribution in [0.3, 0.4) is 0 Å².